The van der Waals surface area contributed by atoms with Gasteiger partial charge in [-0.25, -0.2) is 4.98 Å². The maximum absolute atomic E-state index is 12.8. The molecule has 4 rings (SSSR count). The molecular weight excluding hydrogens is 414 g/mol. The highest BCUT2D eigenvalue weighted by Gasteiger charge is 2.15. The van der Waals surface area contributed by atoms with Crippen LogP contribution in [0.4, 0.5) is 11.4 Å². The molecule has 0 bridgehead atoms. The SMILES string of the molecule is COc1ccc(-n2nnc3c(=O)n(CC(=O)Nc4cccc(NC(C)=O)c4)cnc32)cc1. The molecule has 2 amide bonds. The van der Waals surface area contributed by atoms with Crippen molar-refractivity contribution in [2.75, 3.05) is 17.7 Å². The van der Waals surface area contributed by atoms with Gasteiger partial charge in [-0.2, -0.15) is 4.68 Å². The van der Waals surface area contributed by atoms with E-state index in [-0.39, 0.29) is 23.6 Å². The number of carbonyl (C=O) groups is 2. The van der Waals surface area contributed by atoms with Crippen molar-refractivity contribution in [1.29, 1.82) is 0 Å². The normalized spacial score (nSPS) is 10.7. The minimum atomic E-state index is -0.489. The Morgan fingerprint density at radius 1 is 1.06 bits per heavy atom. The van der Waals surface area contributed by atoms with Gasteiger partial charge in [-0.05, 0) is 42.5 Å². The summed E-state index contributed by atoms with van der Waals surface area (Å²) in [6, 6.07) is 13.7. The standard InChI is InChI=1S/C21H19N7O4/c1-13(29)23-14-4-3-5-15(10-14)24-18(30)11-27-12-22-20-19(21(27)31)25-26-28(20)16-6-8-17(32-2)9-7-16/h3-10,12H,11H2,1-2H3,(H,23,29)(H,24,30). The first-order valence-electron chi connectivity index (χ1n) is 9.57. The number of ether oxygens (including phenoxy) is 1. The van der Waals surface area contributed by atoms with Crippen LogP contribution in [0, 0.1) is 0 Å². The smallest absolute Gasteiger partial charge is 0.284 e. The van der Waals surface area contributed by atoms with Crippen molar-refractivity contribution in [2.24, 2.45) is 0 Å². The van der Waals surface area contributed by atoms with E-state index in [1.54, 1.807) is 55.6 Å². The fourth-order valence-corrected chi connectivity index (χ4v) is 3.09. The van der Waals surface area contributed by atoms with Crippen molar-refractivity contribution in [1.82, 2.24) is 24.5 Å². The van der Waals surface area contributed by atoms with Gasteiger partial charge < -0.3 is 15.4 Å². The van der Waals surface area contributed by atoms with E-state index in [1.165, 1.54) is 17.9 Å². The first-order valence-corrected chi connectivity index (χ1v) is 9.57. The Kier molecular flexibility index (Phi) is 5.62. The van der Waals surface area contributed by atoms with E-state index < -0.39 is 11.5 Å². The maximum Gasteiger partial charge on any atom is 0.284 e. The average Bonchev–Trinajstić information content (AvgIpc) is 3.20. The van der Waals surface area contributed by atoms with Crippen molar-refractivity contribution >= 4 is 34.4 Å². The molecule has 2 heterocycles. The lowest BCUT2D eigenvalue weighted by Gasteiger charge is -2.09. The Morgan fingerprint density at radius 3 is 2.47 bits per heavy atom. The molecular formula is C21H19N7O4. The summed E-state index contributed by atoms with van der Waals surface area (Å²) in [6.45, 7) is 1.13. The molecule has 162 valence electrons. The van der Waals surface area contributed by atoms with Crippen LogP contribution in [0.15, 0.2) is 59.7 Å². The van der Waals surface area contributed by atoms with Crippen LogP contribution >= 0.6 is 0 Å². The third kappa shape index (κ3) is 4.31. The number of nitrogens with one attached hydrogen (secondary N) is 2. The molecule has 0 unspecified atom stereocenters. The van der Waals surface area contributed by atoms with Crippen LogP contribution < -0.4 is 20.9 Å². The highest BCUT2D eigenvalue weighted by atomic mass is 16.5. The molecule has 2 aromatic heterocycles. The van der Waals surface area contributed by atoms with Crippen LogP contribution in [0.25, 0.3) is 16.9 Å². The van der Waals surface area contributed by atoms with Gasteiger partial charge >= 0.3 is 0 Å². The van der Waals surface area contributed by atoms with E-state index in [4.69, 9.17) is 4.74 Å². The van der Waals surface area contributed by atoms with Gasteiger partial charge in [-0.1, -0.05) is 11.3 Å². The molecule has 0 aliphatic heterocycles. The number of benzene rings is 2. The molecule has 4 aromatic rings. The van der Waals surface area contributed by atoms with Gasteiger partial charge in [-0.3, -0.25) is 19.0 Å². The largest absolute Gasteiger partial charge is 0.497 e. The molecule has 11 heteroatoms. The first-order chi connectivity index (χ1) is 15.4. The summed E-state index contributed by atoms with van der Waals surface area (Å²) >= 11 is 0. The van der Waals surface area contributed by atoms with Crippen LogP contribution in [0.3, 0.4) is 0 Å². The molecule has 0 aliphatic carbocycles. The molecule has 0 radical (unpaired) electrons. The van der Waals surface area contributed by atoms with E-state index >= 15 is 0 Å². The number of hydrogen-bond acceptors (Lipinski definition) is 7. The molecule has 0 spiro atoms. The quantitative estimate of drug-likeness (QED) is 0.472. The number of methoxy groups -OCH3 is 1. The van der Waals surface area contributed by atoms with E-state index in [9.17, 15) is 14.4 Å². The summed E-state index contributed by atoms with van der Waals surface area (Å²) in [5.74, 6) is 0.0278. The first kappa shape index (κ1) is 20.7. The topological polar surface area (TPSA) is 133 Å². The summed E-state index contributed by atoms with van der Waals surface area (Å²) in [5.41, 5.74) is 1.52. The highest BCUT2D eigenvalue weighted by Crippen LogP contribution is 2.17. The second-order valence-corrected chi connectivity index (χ2v) is 6.86. The lowest BCUT2D eigenvalue weighted by Crippen LogP contribution is -2.28. The van der Waals surface area contributed by atoms with Crippen molar-refractivity contribution < 1.29 is 14.3 Å². The van der Waals surface area contributed by atoms with Crippen LogP contribution in [0.1, 0.15) is 6.92 Å². The summed E-state index contributed by atoms with van der Waals surface area (Å²) in [6.07, 6.45) is 1.28. The number of hydrogen-bond donors (Lipinski definition) is 2. The van der Waals surface area contributed by atoms with E-state index in [1.807, 2.05) is 0 Å². The van der Waals surface area contributed by atoms with Gasteiger partial charge in [0.25, 0.3) is 5.56 Å². The number of fused-ring (bicyclic) bond motifs is 1. The Labute approximate surface area is 181 Å². The second-order valence-electron chi connectivity index (χ2n) is 6.86. The molecule has 0 aliphatic rings. The Hall–Kier alpha value is -4.54. The molecule has 0 atom stereocenters. The van der Waals surface area contributed by atoms with Gasteiger partial charge in [0, 0.05) is 18.3 Å². The van der Waals surface area contributed by atoms with Crippen molar-refractivity contribution in [3.63, 3.8) is 0 Å². The van der Waals surface area contributed by atoms with Gasteiger partial charge in [-0.15, -0.1) is 5.10 Å². The predicted octanol–water partition coefficient (Wildman–Crippen LogP) is 1.58. The zero-order valence-electron chi connectivity index (χ0n) is 17.3. The van der Waals surface area contributed by atoms with E-state index in [0.29, 0.717) is 22.8 Å². The fraction of sp³-hybridized carbons (Fsp3) is 0.143. The van der Waals surface area contributed by atoms with Gasteiger partial charge in [0.2, 0.25) is 11.8 Å². The van der Waals surface area contributed by atoms with Crippen LogP contribution in [0.5, 0.6) is 5.75 Å². The summed E-state index contributed by atoms with van der Waals surface area (Å²) < 4.78 is 7.73. The third-order valence-corrected chi connectivity index (χ3v) is 4.53. The zero-order chi connectivity index (χ0) is 22.7. The van der Waals surface area contributed by atoms with Crippen LogP contribution in [0.2, 0.25) is 0 Å². The Bertz CT molecular complexity index is 1360. The predicted molar refractivity (Wildman–Crippen MR) is 117 cm³/mol. The third-order valence-electron chi connectivity index (χ3n) is 4.53. The molecule has 0 fully saturated rings. The highest BCUT2D eigenvalue weighted by molar-refractivity contribution is 5.93. The van der Waals surface area contributed by atoms with Crippen molar-refractivity contribution in [3.05, 3.63) is 65.2 Å². The number of carbonyl (C=O) groups excluding carboxylic acids is 2. The minimum Gasteiger partial charge on any atom is -0.497 e. The molecule has 0 saturated carbocycles. The average molecular weight is 433 g/mol. The van der Waals surface area contributed by atoms with Gasteiger partial charge in [0.1, 0.15) is 18.6 Å². The molecule has 2 N–H and O–H groups in total. The maximum atomic E-state index is 12.8. The van der Waals surface area contributed by atoms with Crippen molar-refractivity contribution in [2.45, 2.75) is 13.5 Å². The number of nitrogens with zero attached hydrogens (tertiary/aromatic N) is 5. The number of amides is 2. The van der Waals surface area contributed by atoms with Crippen LogP contribution in [-0.2, 0) is 16.1 Å². The number of rotatable bonds is 6. The lowest BCUT2D eigenvalue weighted by atomic mass is 10.2. The van der Waals surface area contributed by atoms with E-state index in [0.717, 1.165) is 4.57 Å². The molecule has 2 aromatic carbocycles. The van der Waals surface area contributed by atoms with Gasteiger partial charge in [0.15, 0.2) is 11.2 Å². The lowest BCUT2D eigenvalue weighted by molar-refractivity contribution is -0.117. The van der Waals surface area contributed by atoms with E-state index in [2.05, 4.69) is 25.9 Å². The van der Waals surface area contributed by atoms with Crippen LogP contribution in [-0.4, -0.2) is 43.5 Å². The summed E-state index contributed by atoms with van der Waals surface area (Å²) in [4.78, 5) is 40.7. The molecule has 0 saturated heterocycles. The minimum absolute atomic E-state index is 0.0452. The second kappa shape index (κ2) is 8.68. The zero-order valence-corrected chi connectivity index (χ0v) is 17.3. The molecule has 11 nitrogen and oxygen atoms in total. The Morgan fingerprint density at radius 2 is 1.78 bits per heavy atom. The summed E-state index contributed by atoms with van der Waals surface area (Å²) in [7, 11) is 1.57. The van der Waals surface area contributed by atoms with Gasteiger partial charge in [0.05, 0.1) is 12.8 Å². The van der Waals surface area contributed by atoms with Crippen molar-refractivity contribution in [3.8, 4) is 11.4 Å². The summed E-state index contributed by atoms with van der Waals surface area (Å²) in [5, 5.41) is 13.3. The number of anilines is 2. The molecule has 32 heavy (non-hydrogen) atoms. The Balaban J connectivity index is 1.54. The fourth-order valence-electron chi connectivity index (χ4n) is 3.09. The monoisotopic (exact) mass is 433 g/mol. The number of aromatic nitrogens is 5.